The molecule has 1 saturated heterocycles. The van der Waals surface area contributed by atoms with Crippen molar-refractivity contribution >= 4 is 35.0 Å². The van der Waals surface area contributed by atoms with Gasteiger partial charge in [-0.2, -0.15) is 0 Å². The first-order valence-electron chi connectivity index (χ1n) is 12.3. The maximum absolute atomic E-state index is 13.0. The van der Waals surface area contributed by atoms with Crippen LogP contribution in [0.15, 0.2) is 48.2 Å². The number of fused-ring (bicyclic) bond motifs is 1. The van der Waals surface area contributed by atoms with Gasteiger partial charge in [-0.15, -0.1) is 0 Å². The van der Waals surface area contributed by atoms with Crippen LogP contribution >= 0.6 is 0 Å². The summed E-state index contributed by atoms with van der Waals surface area (Å²) in [5.74, 6) is -0.838. The number of Topliss-reactive ketones (excluding diaryl/α,β-unsaturated/α-hetero) is 2. The fourth-order valence-electron chi connectivity index (χ4n) is 5.30. The number of rotatable bonds is 6. The lowest BCUT2D eigenvalue weighted by Crippen LogP contribution is -2.52. The van der Waals surface area contributed by atoms with E-state index in [-0.39, 0.29) is 67.1 Å². The number of benzene rings is 2. The molecule has 2 N–H and O–H groups in total. The number of amides is 3. The van der Waals surface area contributed by atoms with Crippen LogP contribution in [-0.4, -0.2) is 54.4 Å². The zero-order chi connectivity index (χ0) is 27.0. The molecule has 1 saturated carbocycles. The van der Waals surface area contributed by atoms with Crippen molar-refractivity contribution in [1.82, 2.24) is 10.2 Å². The summed E-state index contributed by atoms with van der Waals surface area (Å²) in [6.07, 6.45) is 2.13. The molecule has 38 heavy (non-hydrogen) atoms. The predicted molar refractivity (Wildman–Crippen MR) is 136 cm³/mol. The van der Waals surface area contributed by atoms with E-state index in [1.54, 1.807) is 37.4 Å². The molecule has 2 fully saturated rings. The second-order valence-corrected chi connectivity index (χ2v) is 9.49. The average molecular weight is 518 g/mol. The van der Waals surface area contributed by atoms with E-state index >= 15 is 0 Å². The molecule has 0 spiro atoms. The van der Waals surface area contributed by atoms with Gasteiger partial charge < -0.3 is 19.7 Å². The number of carbonyl (C=O) groups is 5. The Kier molecular flexibility index (Phi) is 6.71. The van der Waals surface area contributed by atoms with Crippen molar-refractivity contribution in [2.45, 2.75) is 44.2 Å². The normalized spacial score (nSPS) is 21.3. The van der Waals surface area contributed by atoms with E-state index in [4.69, 9.17) is 9.47 Å². The minimum absolute atomic E-state index is 0.0673. The SMILES string of the molecule is COc1ccc(C2CC(=O)C(=CNc3cccc4c3CN(C3CCC(=O)NC3=O)C4=O)C(=O)C2)c(OC)c1. The molecular weight excluding hydrogens is 490 g/mol. The number of carbonyl (C=O) groups excluding carboxylic acids is 5. The van der Waals surface area contributed by atoms with Crippen LogP contribution in [0.1, 0.15) is 53.1 Å². The summed E-state index contributed by atoms with van der Waals surface area (Å²) in [4.78, 5) is 64.4. The molecule has 0 bridgehead atoms. The number of hydrogen-bond acceptors (Lipinski definition) is 8. The van der Waals surface area contributed by atoms with Crippen molar-refractivity contribution < 1.29 is 33.4 Å². The van der Waals surface area contributed by atoms with Crippen molar-refractivity contribution in [1.29, 1.82) is 0 Å². The number of piperidine rings is 1. The lowest BCUT2D eigenvalue weighted by molar-refractivity contribution is -0.137. The van der Waals surface area contributed by atoms with Gasteiger partial charge in [-0.05, 0) is 30.2 Å². The molecule has 2 heterocycles. The Balaban J connectivity index is 1.33. The number of hydrogen-bond donors (Lipinski definition) is 2. The van der Waals surface area contributed by atoms with Crippen molar-refractivity contribution in [3.8, 4) is 11.5 Å². The molecule has 3 aliphatic rings. The second-order valence-electron chi connectivity index (χ2n) is 9.49. The molecule has 1 unspecified atom stereocenters. The highest BCUT2D eigenvalue weighted by atomic mass is 16.5. The summed E-state index contributed by atoms with van der Waals surface area (Å²) in [5.41, 5.74) is 2.51. The van der Waals surface area contributed by atoms with Gasteiger partial charge in [-0.25, -0.2) is 0 Å². The van der Waals surface area contributed by atoms with Crippen LogP contribution in [0.2, 0.25) is 0 Å². The van der Waals surface area contributed by atoms with E-state index in [1.165, 1.54) is 18.2 Å². The molecule has 2 aromatic carbocycles. The number of nitrogens with one attached hydrogen (secondary N) is 2. The quantitative estimate of drug-likeness (QED) is 0.340. The largest absolute Gasteiger partial charge is 0.497 e. The Morgan fingerprint density at radius 1 is 1.00 bits per heavy atom. The van der Waals surface area contributed by atoms with Crippen LogP contribution in [0.5, 0.6) is 11.5 Å². The summed E-state index contributed by atoms with van der Waals surface area (Å²) in [6.45, 7) is 0.175. The number of ether oxygens (including phenoxy) is 2. The molecule has 0 aromatic heterocycles. The van der Waals surface area contributed by atoms with Crippen molar-refractivity contribution in [3.63, 3.8) is 0 Å². The van der Waals surface area contributed by atoms with Crippen LogP contribution in [0.25, 0.3) is 0 Å². The van der Waals surface area contributed by atoms with Crippen molar-refractivity contribution in [2.75, 3.05) is 19.5 Å². The molecule has 10 heteroatoms. The Morgan fingerprint density at radius 3 is 2.45 bits per heavy atom. The minimum Gasteiger partial charge on any atom is -0.497 e. The number of allylic oxidation sites excluding steroid dienone is 1. The Labute approximate surface area is 219 Å². The predicted octanol–water partition coefficient (Wildman–Crippen LogP) is 2.48. The minimum atomic E-state index is -0.729. The van der Waals surface area contributed by atoms with Gasteiger partial charge in [0.1, 0.15) is 17.5 Å². The highest BCUT2D eigenvalue weighted by Crippen LogP contribution is 2.38. The zero-order valence-electron chi connectivity index (χ0n) is 21.0. The maximum atomic E-state index is 13.0. The van der Waals surface area contributed by atoms with E-state index in [1.807, 2.05) is 6.07 Å². The third-order valence-corrected chi connectivity index (χ3v) is 7.30. The van der Waals surface area contributed by atoms with Crippen LogP contribution < -0.4 is 20.1 Å². The summed E-state index contributed by atoms with van der Waals surface area (Å²) < 4.78 is 10.7. The molecule has 0 radical (unpaired) electrons. The Morgan fingerprint density at radius 2 is 1.76 bits per heavy atom. The number of methoxy groups -OCH3 is 2. The smallest absolute Gasteiger partial charge is 0.255 e. The van der Waals surface area contributed by atoms with Gasteiger partial charge in [0.05, 0.1) is 19.8 Å². The number of nitrogens with zero attached hydrogens (tertiary/aromatic N) is 1. The van der Waals surface area contributed by atoms with Gasteiger partial charge in [0.15, 0.2) is 11.6 Å². The first kappa shape index (κ1) is 25.2. The number of ketones is 2. The standard InChI is InChI=1S/C28H27N3O7/c1-37-16-6-7-17(25(12-16)38-2)15-10-23(32)19(24(33)11-15)13-29-21-5-3-4-18-20(21)14-31(28(18)36)22-8-9-26(34)30-27(22)35/h3-7,12-13,15,22,29H,8-11,14H2,1-2H3,(H,30,34,35). The summed E-state index contributed by atoms with van der Waals surface area (Å²) in [7, 11) is 3.08. The first-order chi connectivity index (χ1) is 18.3. The molecule has 2 aliphatic heterocycles. The lowest BCUT2D eigenvalue weighted by atomic mass is 9.80. The summed E-state index contributed by atoms with van der Waals surface area (Å²) >= 11 is 0. The van der Waals surface area contributed by atoms with E-state index < -0.39 is 11.9 Å². The number of imide groups is 1. The number of anilines is 1. The molecular formula is C28H27N3O7. The van der Waals surface area contributed by atoms with E-state index in [9.17, 15) is 24.0 Å². The fraction of sp³-hybridized carbons (Fsp3) is 0.321. The van der Waals surface area contributed by atoms with E-state index in [0.717, 1.165) is 5.56 Å². The van der Waals surface area contributed by atoms with Gasteiger partial charge in [0.2, 0.25) is 11.8 Å². The highest BCUT2D eigenvalue weighted by Gasteiger charge is 2.40. The molecule has 10 nitrogen and oxygen atoms in total. The monoisotopic (exact) mass is 517 g/mol. The zero-order valence-corrected chi connectivity index (χ0v) is 21.0. The molecule has 2 aromatic rings. The second kappa shape index (κ2) is 10.1. The summed E-state index contributed by atoms with van der Waals surface area (Å²) in [6, 6.07) is 9.70. The Hall–Kier alpha value is -4.47. The van der Waals surface area contributed by atoms with Crippen LogP contribution in [0.4, 0.5) is 5.69 Å². The molecule has 1 atom stereocenters. The lowest BCUT2D eigenvalue weighted by Gasteiger charge is -2.29. The molecule has 1 aliphatic carbocycles. The van der Waals surface area contributed by atoms with E-state index in [2.05, 4.69) is 10.6 Å². The maximum Gasteiger partial charge on any atom is 0.255 e. The van der Waals surface area contributed by atoms with Gasteiger partial charge >= 0.3 is 0 Å². The molecule has 3 amide bonds. The fourth-order valence-corrected chi connectivity index (χ4v) is 5.30. The average Bonchev–Trinajstić information content (AvgIpc) is 3.24. The molecule has 5 rings (SSSR count). The topological polar surface area (TPSA) is 131 Å². The van der Waals surface area contributed by atoms with Gasteiger partial charge in [-0.3, -0.25) is 29.3 Å². The van der Waals surface area contributed by atoms with Crippen molar-refractivity contribution in [2.24, 2.45) is 0 Å². The third kappa shape index (κ3) is 4.53. The first-order valence-corrected chi connectivity index (χ1v) is 12.3. The highest BCUT2D eigenvalue weighted by molar-refractivity contribution is 6.22. The van der Waals surface area contributed by atoms with Crippen LogP contribution in [0, 0.1) is 0 Å². The van der Waals surface area contributed by atoms with Crippen LogP contribution in [-0.2, 0) is 25.7 Å². The van der Waals surface area contributed by atoms with Gasteiger partial charge in [-0.1, -0.05) is 12.1 Å². The Bertz CT molecular complexity index is 1380. The van der Waals surface area contributed by atoms with Gasteiger partial charge in [0, 0.05) is 60.8 Å². The van der Waals surface area contributed by atoms with Crippen molar-refractivity contribution in [3.05, 3.63) is 64.9 Å². The van der Waals surface area contributed by atoms with Gasteiger partial charge in [0.25, 0.3) is 5.91 Å². The van der Waals surface area contributed by atoms with Crippen LogP contribution in [0.3, 0.4) is 0 Å². The third-order valence-electron chi connectivity index (χ3n) is 7.30. The summed E-state index contributed by atoms with van der Waals surface area (Å²) in [5, 5.41) is 5.34. The molecule has 196 valence electrons. The van der Waals surface area contributed by atoms with E-state index in [0.29, 0.717) is 28.3 Å².